The molecule has 3 N–H and O–H groups in total. The molecule has 9 nitrogen and oxygen atoms in total. The molecule has 0 saturated heterocycles. The molecule has 0 bridgehead atoms. The number of phosphoric acid groups is 1. The fourth-order valence-electron chi connectivity index (χ4n) is 10.8. The van der Waals surface area contributed by atoms with Crippen molar-refractivity contribution in [2.75, 3.05) is 26.4 Å². The highest BCUT2D eigenvalue weighted by molar-refractivity contribution is 7.47. The Morgan fingerprint density at radius 2 is 0.671 bits per heavy atom. The summed E-state index contributed by atoms with van der Waals surface area (Å²) >= 11 is 0. The predicted molar refractivity (Wildman–Crippen MR) is 353 cm³/mol. The molecule has 0 aliphatic carbocycles. The normalized spacial score (nSPS) is 13.2. The smallest absolute Gasteiger partial charge is 0.462 e. The quantitative estimate of drug-likeness (QED) is 0.0264. The minimum atomic E-state index is -4.39. The Labute approximate surface area is 508 Å². The van der Waals surface area contributed by atoms with E-state index in [1.165, 1.54) is 263 Å². The molecule has 2 atom stereocenters. The third-order valence-electron chi connectivity index (χ3n) is 16.0. The van der Waals surface area contributed by atoms with Gasteiger partial charge in [0.05, 0.1) is 13.2 Å². The van der Waals surface area contributed by atoms with Crippen molar-refractivity contribution >= 4 is 19.8 Å². The number of rotatable bonds is 68. The largest absolute Gasteiger partial charge is 0.472 e. The molecule has 0 saturated carbocycles. The van der Waals surface area contributed by atoms with Crippen molar-refractivity contribution in [2.45, 2.75) is 373 Å². The SMILES string of the molecule is CC/C=C\C/C=C\C/C=C\C/C=C\CCCCCCCCCCCCC(=O)OC(COC(=O)CCCCCCCCCCCCCCCCCCCCCCCCCCCCCCCCCCCCCCCC)COP(=O)(O)OCCN. The third kappa shape index (κ3) is 67.1. The van der Waals surface area contributed by atoms with E-state index in [0.29, 0.717) is 6.42 Å². The lowest BCUT2D eigenvalue weighted by atomic mass is 10.0. The maximum absolute atomic E-state index is 12.7. The van der Waals surface area contributed by atoms with Gasteiger partial charge in [0, 0.05) is 19.4 Å². The summed E-state index contributed by atoms with van der Waals surface area (Å²) in [4.78, 5) is 35.3. The minimum Gasteiger partial charge on any atom is -0.462 e. The van der Waals surface area contributed by atoms with Crippen molar-refractivity contribution in [3.05, 3.63) is 48.6 Å². The van der Waals surface area contributed by atoms with Gasteiger partial charge in [-0.05, 0) is 51.4 Å². The van der Waals surface area contributed by atoms with Gasteiger partial charge >= 0.3 is 19.8 Å². The molecule has 482 valence electrons. The lowest BCUT2D eigenvalue weighted by molar-refractivity contribution is -0.161. The standard InChI is InChI=1S/C72H136NO8P/c1-3-5-7-9-11-13-15-17-19-21-23-25-27-28-29-30-31-32-33-34-35-36-37-38-39-40-41-43-44-46-48-50-52-54-56-58-60-62-64-71(74)78-68-70(69-80-82(76,77)79-67-66-73)81-72(75)65-63-61-59-57-55-53-51-49-47-45-42-26-24-22-20-18-16-14-12-10-8-6-4-2/h6,8,12,14,18,20,24,26,70H,3-5,7,9-11,13,15-17,19,21-23,25,27-69,73H2,1-2H3,(H,76,77)/b8-6-,14-12-,20-18-,26-24-. The molecular formula is C72H136NO8P. The van der Waals surface area contributed by atoms with Gasteiger partial charge in [0.1, 0.15) is 6.61 Å². The zero-order valence-electron chi connectivity index (χ0n) is 54.2. The summed E-state index contributed by atoms with van der Waals surface area (Å²) in [7, 11) is -4.39. The van der Waals surface area contributed by atoms with E-state index >= 15 is 0 Å². The van der Waals surface area contributed by atoms with E-state index in [4.69, 9.17) is 24.3 Å². The number of hydrogen-bond donors (Lipinski definition) is 2. The first-order valence-corrected chi connectivity index (χ1v) is 37.1. The molecule has 0 spiro atoms. The van der Waals surface area contributed by atoms with Crippen LogP contribution in [-0.2, 0) is 32.7 Å². The Kier molecular flexibility index (Phi) is 66.4. The number of carbonyl (C=O) groups is 2. The zero-order valence-corrected chi connectivity index (χ0v) is 55.1. The highest BCUT2D eigenvalue weighted by Gasteiger charge is 2.26. The molecule has 0 rings (SSSR count). The predicted octanol–water partition coefficient (Wildman–Crippen LogP) is 23.3. The molecule has 0 aromatic carbocycles. The average molecular weight is 1170 g/mol. The highest BCUT2D eigenvalue weighted by atomic mass is 31.2. The fraction of sp³-hybridized carbons (Fsp3) is 0.861. The first-order chi connectivity index (χ1) is 40.3. The third-order valence-corrected chi connectivity index (χ3v) is 17.0. The lowest BCUT2D eigenvalue weighted by Crippen LogP contribution is -2.29. The van der Waals surface area contributed by atoms with Crippen LogP contribution < -0.4 is 5.73 Å². The molecule has 0 radical (unpaired) electrons. The van der Waals surface area contributed by atoms with Crippen molar-refractivity contribution in [2.24, 2.45) is 5.73 Å². The van der Waals surface area contributed by atoms with Gasteiger partial charge in [0.2, 0.25) is 0 Å². The molecule has 0 amide bonds. The van der Waals surface area contributed by atoms with Gasteiger partial charge < -0.3 is 20.1 Å². The Bertz CT molecular complexity index is 1480. The van der Waals surface area contributed by atoms with Crippen LogP contribution in [0.2, 0.25) is 0 Å². The number of unbranched alkanes of at least 4 members (excludes halogenated alkanes) is 47. The van der Waals surface area contributed by atoms with E-state index in [2.05, 4.69) is 62.5 Å². The van der Waals surface area contributed by atoms with Gasteiger partial charge in [-0.1, -0.05) is 351 Å². The average Bonchev–Trinajstić information content (AvgIpc) is 3.48. The fourth-order valence-corrected chi connectivity index (χ4v) is 11.5. The highest BCUT2D eigenvalue weighted by Crippen LogP contribution is 2.43. The summed E-state index contributed by atoms with van der Waals surface area (Å²) in [6.45, 7) is 3.69. The van der Waals surface area contributed by atoms with Gasteiger partial charge in [-0.15, -0.1) is 0 Å². The van der Waals surface area contributed by atoms with Gasteiger partial charge in [-0.2, -0.15) is 0 Å². The van der Waals surface area contributed by atoms with Crippen LogP contribution in [0.5, 0.6) is 0 Å². The molecule has 0 heterocycles. The lowest BCUT2D eigenvalue weighted by Gasteiger charge is -2.19. The molecule has 0 aromatic rings. The number of phosphoric ester groups is 1. The first kappa shape index (κ1) is 80.0. The van der Waals surface area contributed by atoms with Crippen molar-refractivity contribution in [1.82, 2.24) is 0 Å². The van der Waals surface area contributed by atoms with E-state index in [1.54, 1.807) is 0 Å². The Hall–Kier alpha value is -2.03. The molecule has 82 heavy (non-hydrogen) atoms. The van der Waals surface area contributed by atoms with E-state index in [0.717, 1.165) is 70.6 Å². The minimum absolute atomic E-state index is 0.0531. The molecule has 10 heteroatoms. The Morgan fingerprint density at radius 3 is 1.00 bits per heavy atom. The molecular weight excluding hydrogens is 1040 g/mol. The first-order valence-electron chi connectivity index (χ1n) is 35.6. The second-order valence-corrected chi connectivity index (χ2v) is 25.5. The van der Waals surface area contributed by atoms with Crippen LogP contribution in [0.4, 0.5) is 0 Å². The van der Waals surface area contributed by atoms with Crippen LogP contribution in [0.25, 0.3) is 0 Å². The van der Waals surface area contributed by atoms with Gasteiger partial charge in [0.15, 0.2) is 6.10 Å². The molecule has 0 aliphatic rings. The van der Waals surface area contributed by atoms with Crippen LogP contribution in [0.15, 0.2) is 48.6 Å². The van der Waals surface area contributed by atoms with E-state index in [9.17, 15) is 19.0 Å². The van der Waals surface area contributed by atoms with Crippen LogP contribution >= 0.6 is 7.82 Å². The summed E-state index contributed by atoms with van der Waals surface area (Å²) < 4.78 is 33.2. The second-order valence-electron chi connectivity index (χ2n) is 24.1. The monoisotopic (exact) mass is 1170 g/mol. The van der Waals surface area contributed by atoms with Crippen LogP contribution in [0.3, 0.4) is 0 Å². The Balaban J connectivity index is 3.76. The summed E-state index contributed by atoms with van der Waals surface area (Å²) in [5, 5.41) is 0. The van der Waals surface area contributed by atoms with Crippen LogP contribution in [0, 0.1) is 0 Å². The van der Waals surface area contributed by atoms with Gasteiger partial charge in [-0.25, -0.2) is 4.57 Å². The van der Waals surface area contributed by atoms with Crippen molar-refractivity contribution in [1.29, 1.82) is 0 Å². The summed E-state index contributed by atoms with van der Waals surface area (Å²) in [6.07, 6.45) is 86.6. The van der Waals surface area contributed by atoms with E-state index in [-0.39, 0.29) is 38.6 Å². The Morgan fingerprint density at radius 1 is 0.378 bits per heavy atom. The van der Waals surface area contributed by atoms with Gasteiger partial charge in [0.25, 0.3) is 0 Å². The van der Waals surface area contributed by atoms with Crippen molar-refractivity contribution < 1.29 is 37.6 Å². The van der Waals surface area contributed by atoms with Crippen LogP contribution in [-0.4, -0.2) is 49.3 Å². The maximum atomic E-state index is 12.7. The summed E-state index contributed by atoms with van der Waals surface area (Å²) in [5.74, 6) is -0.816. The number of ether oxygens (including phenoxy) is 2. The number of allylic oxidation sites excluding steroid dienone is 8. The van der Waals surface area contributed by atoms with Crippen molar-refractivity contribution in [3.8, 4) is 0 Å². The number of carbonyl (C=O) groups excluding carboxylic acids is 2. The number of hydrogen-bond acceptors (Lipinski definition) is 8. The summed E-state index contributed by atoms with van der Waals surface area (Å²) in [5.41, 5.74) is 5.40. The van der Waals surface area contributed by atoms with Crippen molar-refractivity contribution in [3.63, 3.8) is 0 Å². The van der Waals surface area contributed by atoms with Gasteiger partial charge in [-0.3, -0.25) is 18.6 Å². The molecule has 0 aliphatic heterocycles. The number of esters is 2. The van der Waals surface area contributed by atoms with E-state index in [1.807, 2.05) is 0 Å². The summed E-state index contributed by atoms with van der Waals surface area (Å²) in [6, 6.07) is 0. The topological polar surface area (TPSA) is 134 Å². The van der Waals surface area contributed by atoms with Crippen LogP contribution in [0.1, 0.15) is 367 Å². The molecule has 0 fully saturated rings. The maximum Gasteiger partial charge on any atom is 0.472 e. The second kappa shape index (κ2) is 68.1. The molecule has 0 aromatic heterocycles. The zero-order chi connectivity index (χ0) is 59.4. The molecule has 2 unspecified atom stereocenters. The van der Waals surface area contributed by atoms with E-state index < -0.39 is 26.5 Å². The number of nitrogens with two attached hydrogens (primary N) is 1.